The maximum Gasteiger partial charge on any atom is 0.121 e. The van der Waals surface area contributed by atoms with E-state index in [1.54, 1.807) is 7.11 Å². The van der Waals surface area contributed by atoms with Crippen molar-refractivity contribution in [1.29, 1.82) is 0 Å². The molecule has 0 N–H and O–H groups in total. The standard InChI is InChI=1S/C19H21BrO/c1-13-12-15(10-11-18(13)21-2)19(20)17-9-5-7-14-6-3-4-8-16(14)17/h3-4,6,8,10-12,17,19H,5,7,9H2,1-2H3. The van der Waals surface area contributed by atoms with Crippen LogP contribution in [0.3, 0.4) is 0 Å². The molecule has 0 spiro atoms. The summed E-state index contributed by atoms with van der Waals surface area (Å²) in [6.07, 6.45) is 3.74. The van der Waals surface area contributed by atoms with Crippen LogP contribution in [0.1, 0.15) is 45.8 Å². The zero-order valence-corrected chi connectivity index (χ0v) is 14.2. The Morgan fingerprint density at radius 1 is 1.19 bits per heavy atom. The topological polar surface area (TPSA) is 9.23 Å². The first-order chi connectivity index (χ1) is 10.2. The van der Waals surface area contributed by atoms with Gasteiger partial charge in [0.15, 0.2) is 0 Å². The van der Waals surface area contributed by atoms with E-state index in [9.17, 15) is 0 Å². The molecule has 0 saturated carbocycles. The van der Waals surface area contributed by atoms with E-state index in [4.69, 9.17) is 4.74 Å². The van der Waals surface area contributed by atoms with E-state index < -0.39 is 0 Å². The molecule has 21 heavy (non-hydrogen) atoms. The molecule has 0 radical (unpaired) electrons. The first-order valence-corrected chi connectivity index (χ1v) is 8.48. The van der Waals surface area contributed by atoms with Crippen LogP contribution in [0.25, 0.3) is 0 Å². The number of halogens is 1. The van der Waals surface area contributed by atoms with Crippen LogP contribution in [-0.2, 0) is 6.42 Å². The van der Waals surface area contributed by atoms with Crippen molar-refractivity contribution in [2.24, 2.45) is 0 Å². The number of hydrogen-bond acceptors (Lipinski definition) is 1. The molecule has 0 saturated heterocycles. The fourth-order valence-electron chi connectivity index (χ4n) is 3.40. The van der Waals surface area contributed by atoms with Crippen LogP contribution >= 0.6 is 15.9 Å². The van der Waals surface area contributed by atoms with Crippen LogP contribution in [-0.4, -0.2) is 7.11 Å². The number of rotatable bonds is 3. The van der Waals surface area contributed by atoms with Crippen molar-refractivity contribution in [2.45, 2.75) is 36.9 Å². The van der Waals surface area contributed by atoms with E-state index in [1.165, 1.54) is 41.5 Å². The van der Waals surface area contributed by atoms with Crippen molar-refractivity contribution < 1.29 is 4.74 Å². The molecule has 1 nitrogen and oxygen atoms in total. The molecule has 0 aromatic heterocycles. The second kappa shape index (κ2) is 6.23. The lowest BCUT2D eigenvalue weighted by Crippen LogP contribution is -2.14. The van der Waals surface area contributed by atoms with Gasteiger partial charge in [-0.3, -0.25) is 0 Å². The summed E-state index contributed by atoms with van der Waals surface area (Å²) >= 11 is 3.96. The van der Waals surface area contributed by atoms with Crippen LogP contribution in [0.2, 0.25) is 0 Å². The SMILES string of the molecule is COc1ccc(C(Br)C2CCCc3ccccc32)cc1C. The highest BCUT2D eigenvalue weighted by atomic mass is 79.9. The monoisotopic (exact) mass is 344 g/mol. The maximum absolute atomic E-state index is 5.37. The highest BCUT2D eigenvalue weighted by Gasteiger charge is 2.27. The number of hydrogen-bond donors (Lipinski definition) is 0. The minimum absolute atomic E-state index is 0.364. The van der Waals surface area contributed by atoms with Crippen LogP contribution in [0.5, 0.6) is 5.75 Å². The van der Waals surface area contributed by atoms with Crippen LogP contribution in [0, 0.1) is 6.92 Å². The van der Waals surface area contributed by atoms with Gasteiger partial charge in [0.25, 0.3) is 0 Å². The van der Waals surface area contributed by atoms with Gasteiger partial charge in [-0.15, -0.1) is 0 Å². The summed E-state index contributed by atoms with van der Waals surface area (Å²) in [4.78, 5) is 0.364. The van der Waals surface area contributed by atoms with Crippen molar-refractivity contribution in [1.82, 2.24) is 0 Å². The summed E-state index contributed by atoms with van der Waals surface area (Å²) in [7, 11) is 1.73. The van der Waals surface area contributed by atoms with E-state index in [0.29, 0.717) is 10.7 Å². The van der Waals surface area contributed by atoms with Crippen molar-refractivity contribution in [3.05, 3.63) is 64.7 Å². The second-order valence-corrected chi connectivity index (χ2v) is 6.81. The summed E-state index contributed by atoms with van der Waals surface area (Å²) in [5.41, 5.74) is 5.57. The molecular formula is C19H21BrO. The predicted octanol–water partition coefficient (Wildman–Crippen LogP) is 5.56. The number of ether oxygens (including phenoxy) is 1. The lowest BCUT2D eigenvalue weighted by Gasteiger charge is -2.30. The Bertz CT molecular complexity index is 635. The van der Waals surface area contributed by atoms with Gasteiger partial charge in [0.1, 0.15) is 5.75 Å². The molecule has 2 atom stereocenters. The fraction of sp³-hybridized carbons (Fsp3) is 0.368. The van der Waals surface area contributed by atoms with Crippen molar-refractivity contribution >= 4 is 15.9 Å². The van der Waals surface area contributed by atoms with Gasteiger partial charge in [0.2, 0.25) is 0 Å². The highest BCUT2D eigenvalue weighted by molar-refractivity contribution is 9.09. The highest BCUT2D eigenvalue weighted by Crippen LogP contribution is 2.45. The third kappa shape index (κ3) is 2.87. The first-order valence-electron chi connectivity index (χ1n) is 7.57. The Labute approximate surface area is 135 Å². The average Bonchev–Trinajstić information content (AvgIpc) is 2.53. The zero-order chi connectivity index (χ0) is 14.8. The number of alkyl halides is 1. The van der Waals surface area contributed by atoms with Crippen LogP contribution in [0.4, 0.5) is 0 Å². The molecule has 1 aliphatic carbocycles. The molecule has 0 fully saturated rings. The van der Waals surface area contributed by atoms with E-state index in [1.807, 2.05) is 0 Å². The molecule has 3 rings (SSSR count). The van der Waals surface area contributed by atoms with E-state index in [-0.39, 0.29) is 0 Å². The van der Waals surface area contributed by atoms with Crippen LogP contribution in [0.15, 0.2) is 42.5 Å². The molecule has 2 aromatic rings. The lowest BCUT2D eigenvalue weighted by molar-refractivity contribution is 0.411. The summed E-state index contributed by atoms with van der Waals surface area (Å²) in [5.74, 6) is 1.52. The predicted molar refractivity (Wildman–Crippen MR) is 91.5 cm³/mol. The molecule has 0 aliphatic heterocycles. The zero-order valence-electron chi connectivity index (χ0n) is 12.6. The van der Waals surface area contributed by atoms with Gasteiger partial charge in [0, 0.05) is 10.7 Å². The quantitative estimate of drug-likeness (QED) is 0.662. The number of benzene rings is 2. The summed E-state index contributed by atoms with van der Waals surface area (Å²) < 4.78 is 5.37. The summed E-state index contributed by atoms with van der Waals surface area (Å²) in [6, 6.07) is 15.4. The molecule has 0 bridgehead atoms. The van der Waals surface area contributed by atoms with E-state index in [0.717, 1.165) is 5.75 Å². The molecule has 2 unspecified atom stereocenters. The van der Waals surface area contributed by atoms with Crippen molar-refractivity contribution in [3.63, 3.8) is 0 Å². The Morgan fingerprint density at radius 3 is 2.76 bits per heavy atom. The third-order valence-electron chi connectivity index (χ3n) is 4.51. The number of fused-ring (bicyclic) bond motifs is 1. The average molecular weight is 345 g/mol. The molecule has 1 aliphatic rings. The summed E-state index contributed by atoms with van der Waals surface area (Å²) in [5, 5.41) is 0. The first kappa shape index (κ1) is 14.6. The maximum atomic E-state index is 5.37. The van der Waals surface area contributed by atoms with Gasteiger partial charge in [-0.25, -0.2) is 0 Å². The normalized spacial score (nSPS) is 18.9. The van der Waals surface area contributed by atoms with Gasteiger partial charge in [0.05, 0.1) is 7.11 Å². The summed E-state index contributed by atoms with van der Waals surface area (Å²) in [6.45, 7) is 2.11. The van der Waals surface area contributed by atoms with Gasteiger partial charge >= 0.3 is 0 Å². The molecule has 2 aromatic carbocycles. The lowest BCUT2D eigenvalue weighted by atomic mass is 9.79. The minimum atomic E-state index is 0.364. The molecule has 2 heteroatoms. The second-order valence-electron chi connectivity index (χ2n) is 5.83. The molecular weight excluding hydrogens is 324 g/mol. The largest absolute Gasteiger partial charge is 0.496 e. The Morgan fingerprint density at radius 2 is 2.00 bits per heavy atom. The Kier molecular flexibility index (Phi) is 4.34. The third-order valence-corrected chi connectivity index (χ3v) is 5.67. The molecule has 0 amide bonds. The smallest absolute Gasteiger partial charge is 0.121 e. The van der Waals surface area contributed by atoms with Crippen molar-refractivity contribution in [2.75, 3.05) is 7.11 Å². The Balaban J connectivity index is 1.92. The molecule has 0 heterocycles. The number of methoxy groups -OCH3 is 1. The van der Waals surface area contributed by atoms with E-state index in [2.05, 4.69) is 65.3 Å². The van der Waals surface area contributed by atoms with Crippen molar-refractivity contribution in [3.8, 4) is 5.75 Å². The van der Waals surface area contributed by atoms with Gasteiger partial charge < -0.3 is 4.74 Å². The van der Waals surface area contributed by atoms with Crippen LogP contribution < -0.4 is 4.74 Å². The van der Waals surface area contributed by atoms with Gasteiger partial charge in [-0.2, -0.15) is 0 Å². The van der Waals surface area contributed by atoms with Gasteiger partial charge in [-0.1, -0.05) is 52.3 Å². The molecule has 110 valence electrons. The van der Waals surface area contributed by atoms with E-state index >= 15 is 0 Å². The van der Waals surface area contributed by atoms with Gasteiger partial charge in [-0.05, 0) is 54.5 Å². The Hall–Kier alpha value is -1.28. The minimum Gasteiger partial charge on any atom is -0.496 e. The number of aryl methyl sites for hydroxylation is 2. The fourth-order valence-corrected chi connectivity index (χ4v) is 4.23.